The van der Waals surface area contributed by atoms with E-state index in [1.165, 1.54) is 116 Å². The van der Waals surface area contributed by atoms with Crippen molar-refractivity contribution in [1.29, 1.82) is 0 Å². The Kier molecular flexibility index (Phi) is 24.8. The Hall–Kier alpha value is -1.38. The van der Waals surface area contributed by atoms with Crippen LogP contribution in [-0.2, 0) is 11.3 Å². The average Bonchev–Trinajstić information content (AvgIpc) is 2.80. The molecule has 186 valence electrons. The average molecular weight is 448 g/mol. The number of nitrogens with zero attached hydrogens (tertiary/aromatic N) is 1. The van der Waals surface area contributed by atoms with Crippen molar-refractivity contribution >= 4 is 5.97 Å². The van der Waals surface area contributed by atoms with Crippen molar-refractivity contribution in [2.45, 2.75) is 149 Å². The van der Waals surface area contributed by atoms with E-state index in [0.717, 1.165) is 12.8 Å². The van der Waals surface area contributed by atoms with E-state index in [1.807, 2.05) is 0 Å². The highest BCUT2D eigenvalue weighted by atomic mass is 16.4. The van der Waals surface area contributed by atoms with Gasteiger partial charge in [0.05, 0.1) is 0 Å². The van der Waals surface area contributed by atoms with Gasteiger partial charge in [-0.25, -0.2) is 4.57 Å². The quantitative estimate of drug-likeness (QED) is 0.144. The molecule has 0 N–H and O–H groups in total. The van der Waals surface area contributed by atoms with Crippen LogP contribution in [0.4, 0.5) is 0 Å². The molecule has 0 spiro atoms. The number of aryl methyl sites for hydroxylation is 1. The minimum Gasteiger partial charge on any atom is -0.550 e. The highest BCUT2D eigenvalue weighted by molar-refractivity contribution is 5.63. The highest BCUT2D eigenvalue weighted by Gasteiger charge is 1.98. The Labute approximate surface area is 200 Å². The number of hydrogen-bond donors (Lipinski definition) is 0. The van der Waals surface area contributed by atoms with Crippen molar-refractivity contribution in [2.75, 3.05) is 0 Å². The number of carbonyl (C=O) groups excluding carboxylic acids is 1. The van der Waals surface area contributed by atoms with Crippen LogP contribution in [0.1, 0.15) is 142 Å². The van der Waals surface area contributed by atoms with Gasteiger partial charge in [-0.3, -0.25) is 0 Å². The van der Waals surface area contributed by atoms with Crippen molar-refractivity contribution < 1.29 is 14.5 Å². The first kappa shape index (κ1) is 30.6. The van der Waals surface area contributed by atoms with Gasteiger partial charge in [0, 0.05) is 24.5 Å². The van der Waals surface area contributed by atoms with Gasteiger partial charge in [-0.05, 0) is 19.3 Å². The lowest BCUT2D eigenvalue weighted by atomic mass is 10.1. The maximum absolute atomic E-state index is 10.1. The number of aliphatic carboxylic acids is 1. The van der Waals surface area contributed by atoms with E-state index >= 15 is 0 Å². The third-order valence-corrected chi connectivity index (χ3v) is 6.03. The second-order valence-electron chi connectivity index (χ2n) is 9.25. The molecule has 0 aliphatic carbocycles. The third-order valence-electron chi connectivity index (χ3n) is 6.03. The first-order valence-corrected chi connectivity index (χ1v) is 13.8. The molecule has 0 aliphatic rings. The largest absolute Gasteiger partial charge is 0.550 e. The summed E-state index contributed by atoms with van der Waals surface area (Å²) >= 11 is 0. The van der Waals surface area contributed by atoms with E-state index < -0.39 is 5.97 Å². The Morgan fingerprint density at radius 3 is 1.34 bits per heavy atom. The Bertz CT molecular complexity index is 489. The van der Waals surface area contributed by atoms with Gasteiger partial charge in [0.15, 0.2) is 12.4 Å². The zero-order valence-electron chi connectivity index (χ0n) is 21.5. The fraction of sp³-hybridized carbons (Fsp3) is 0.793. The Morgan fingerprint density at radius 2 is 0.938 bits per heavy atom. The van der Waals surface area contributed by atoms with Crippen LogP contribution < -0.4 is 9.67 Å². The summed E-state index contributed by atoms with van der Waals surface area (Å²) in [5.41, 5.74) is 0. The first-order chi connectivity index (χ1) is 15.7. The number of hydrogen-bond acceptors (Lipinski definition) is 2. The smallest absolute Gasteiger partial charge is 0.168 e. The summed E-state index contributed by atoms with van der Waals surface area (Å²) in [5.74, 6) is -0.909. The Morgan fingerprint density at radius 1 is 0.562 bits per heavy atom. The number of aromatic nitrogens is 1. The van der Waals surface area contributed by atoms with Crippen LogP contribution >= 0.6 is 0 Å². The predicted molar refractivity (Wildman–Crippen MR) is 135 cm³/mol. The monoisotopic (exact) mass is 447 g/mol. The summed E-state index contributed by atoms with van der Waals surface area (Å²) in [4.78, 5) is 10.1. The molecule has 1 aromatic heterocycles. The maximum Gasteiger partial charge on any atom is 0.168 e. The van der Waals surface area contributed by atoms with E-state index in [4.69, 9.17) is 0 Å². The number of pyridine rings is 1. The molecule has 0 aliphatic heterocycles. The van der Waals surface area contributed by atoms with Crippen molar-refractivity contribution in [3.05, 3.63) is 30.6 Å². The van der Waals surface area contributed by atoms with Crippen LogP contribution in [0.15, 0.2) is 30.6 Å². The molecule has 3 heteroatoms. The molecule has 1 heterocycles. The number of rotatable bonds is 21. The van der Waals surface area contributed by atoms with E-state index in [-0.39, 0.29) is 6.42 Å². The molecule has 0 bridgehead atoms. The van der Waals surface area contributed by atoms with Gasteiger partial charge < -0.3 is 9.90 Å². The van der Waals surface area contributed by atoms with Gasteiger partial charge in [0.2, 0.25) is 0 Å². The van der Waals surface area contributed by atoms with Crippen molar-refractivity contribution in [1.82, 2.24) is 0 Å². The van der Waals surface area contributed by atoms with Crippen molar-refractivity contribution in [2.24, 2.45) is 0 Å². The minimum absolute atomic E-state index is 0.232. The maximum atomic E-state index is 10.1. The van der Waals surface area contributed by atoms with Crippen LogP contribution in [0.5, 0.6) is 0 Å². The number of carboxylic acid groups (broad SMARTS) is 1. The summed E-state index contributed by atoms with van der Waals surface area (Å²) in [6.45, 7) is 5.68. The topological polar surface area (TPSA) is 44.0 Å². The molecule has 0 saturated heterocycles. The van der Waals surface area contributed by atoms with Gasteiger partial charge in [0.25, 0.3) is 0 Å². The van der Waals surface area contributed by atoms with Crippen LogP contribution in [-0.4, -0.2) is 5.97 Å². The fourth-order valence-electron chi connectivity index (χ4n) is 3.95. The molecule has 0 aromatic carbocycles. The van der Waals surface area contributed by atoms with Crippen LogP contribution in [0.25, 0.3) is 0 Å². The minimum atomic E-state index is -0.909. The van der Waals surface area contributed by atoms with Gasteiger partial charge in [-0.2, -0.15) is 0 Å². The molecule has 32 heavy (non-hydrogen) atoms. The van der Waals surface area contributed by atoms with E-state index in [1.54, 1.807) is 0 Å². The van der Waals surface area contributed by atoms with Crippen LogP contribution in [0.2, 0.25) is 0 Å². The number of carboxylic acids is 1. The van der Waals surface area contributed by atoms with Gasteiger partial charge in [-0.15, -0.1) is 0 Å². The summed E-state index contributed by atoms with van der Waals surface area (Å²) in [5, 5.41) is 10.1. The summed E-state index contributed by atoms with van der Waals surface area (Å²) in [6.07, 6.45) is 29.6. The van der Waals surface area contributed by atoms with Gasteiger partial charge in [-0.1, -0.05) is 123 Å². The van der Waals surface area contributed by atoms with E-state index in [2.05, 4.69) is 49.0 Å². The highest BCUT2D eigenvalue weighted by Crippen LogP contribution is 2.11. The number of unbranched alkanes of at least 4 members (excludes halogenated alkanes) is 17. The molecular weight excluding hydrogens is 394 g/mol. The molecule has 0 fully saturated rings. The lowest BCUT2D eigenvalue weighted by Crippen LogP contribution is -2.32. The number of carbonyl (C=O) groups is 1. The second-order valence-corrected chi connectivity index (χ2v) is 9.25. The lowest BCUT2D eigenvalue weighted by molar-refractivity contribution is -0.697. The first-order valence-electron chi connectivity index (χ1n) is 13.8. The molecule has 3 nitrogen and oxygen atoms in total. The zero-order chi connectivity index (χ0) is 23.5. The molecule has 1 aromatic rings. The molecule has 0 radical (unpaired) electrons. The van der Waals surface area contributed by atoms with Crippen LogP contribution in [0, 0.1) is 0 Å². The van der Waals surface area contributed by atoms with E-state index in [0.29, 0.717) is 0 Å². The predicted octanol–water partition coefficient (Wildman–Crippen LogP) is 7.55. The Balaban J connectivity index is 0.000000622. The third kappa shape index (κ3) is 24.9. The van der Waals surface area contributed by atoms with Crippen LogP contribution in [0.3, 0.4) is 0 Å². The molecule has 0 saturated carbocycles. The standard InChI is InChI=1S/C17H30N.C12H24O2/c1-2-3-4-5-6-7-8-9-10-12-15-18-16-13-11-14-17-18;1-2-3-4-5-6-7-8-9-10-11-12(13)14/h11,13-14,16-17H,2-10,12,15H2,1H3;2-11H2,1H3,(H,13,14)/q+1;/p-1. The molecule has 0 atom stereocenters. The van der Waals surface area contributed by atoms with E-state index in [9.17, 15) is 9.90 Å². The molecule has 0 amide bonds. The van der Waals surface area contributed by atoms with Crippen molar-refractivity contribution in [3.63, 3.8) is 0 Å². The molecular formula is C29H53NO2. The van der Waals surface area contributed by atoms with Gasteiger partial charge in [0.1, 0.15) is 6.54 Å². The summed E-state index contributed by atoms with van der Waals surface area (Å²) in [6, 6.07) is 6.29. The van der Waals surface area contributed by atoms with Crippen molar-refractivity contribution in [3.8, 4) is 0 Å². The zero-order valence-corrected chi connectivity index (χ0v) is 21.5. The normalized spacial score (nSPS) is 10.6. The molecule has 1 rings (SSSR count). The SMILES string of the molecule is CCCCCCCCCCCC(=O)[O-].CCCCCCCCCCCC[n+]1ccccc1. The molecule has 0 unspecified atom stereocenters. The summed E-state index contributed by atoms with van der Waals surface area (Å²) < 4.78 is 2.28. The fourth-order valence-corrected chi connectivity index (χ4v) is 3.95. The second kappa shape index (κ2) is 25.9. The van der Waals surface area contributed by atoms with Gasteiger partial charge >= 0.3 is 0 Å². The summed E-state index contributed by atoms with van der Waals surface area (Å²) in [7, 11) is 0. The lowest BCUT2D eigenvalue weighted by Gasteiger charge is -2.02.